The van der Waals surface area contributed by atoms with Crippen LogP contribution in [-0.4, -0.2) is 17.1 Å². The molecule has 0 aliphatic heterocycles. The van der Waals surface area contributed by atoms with Crippen molar-refractivity contribution in [1.29, 1.82) is 5.26 Å². The molecule has 1 amide bonds. The highest BCUT2D eigenvalue weighted by molar-refractivity contribution is 5.91. The summed E-state index contributed by atoms with van der Waals surface area (Å²) >= 11 is 0. The first-order valence-corrected chi connectivity index (χ1v) is 6.45. The first-order valence-electron chi connectivity index (χ1n) is 6.45. The van der Waals surface area contributed by atoms with E-state index in [1.165, 1.54) is 18.3 Å². The normalized spacial score (nSPS) is 10.7. The highest BCUT2D eigenvalue weighted by atomic mass is 19.4. The molecule has 0 bridgehead atoms. The van der Waals surface area contributed by atoms with Crippen LogP contribution >= 0.6 is 0 Å². The van der Waals surface area contributed by atoms with Crippen LogP contribution < -0.4 is 10.6 Å². The van der Waals surface area contributed by atoms with Crippen molar-refractivity contribution in [3.8, 4) is 6.07 Å². The van der Waals surface area contributed by atoms with Gasteiger partial charge in [0.25, 0.3) is 0 Å². The van der Waals surface area contributed by atoms with Gasteiger partial charge < -0.3 is 10.6 Å². The molecule has 0 aliphatic rings. The Morgan fingerprint density at radius 2 is 1.78 bits per heavy atom. The number of benzene rings is 1. The number of nitriles is 1. The highest BCUT2D eigenvalue weighted by Crippen LogP contribution is 2.21. The summed E-state index contributed by atoms with van der Waals surface area (Å²) in [5.74, 6) is -0.607. The van der Waals surface area contributed by atoms with Crippen LogP contribution in [0.5, 0.6) is 0 Å². The molecule has 1 aromatic carbocycles. The maximum atomic E-state index is 12.1. The SMILES string of the molecule is N#Cc1ccc(Nc2ccc(NC(=O)CC(F)(F)F)cc2)nc1. The molecule has 23 heavy (non-hydrogen) atoms. The van der Waals surface area contributed by atoms with Crippen molar-refractivity contribution in [3.05, 3.63) is 48.2 Å². The molecule has 0 atom stereocenters. The molecule has 2 rings (SSSR count). The number of carbonyl (C=O) groups is 1. The maximum absolute atomic E-state index is 12.1. The van der Waals surface area contributed by atoms with Gasteiger partial charge in [0.15, 0.2) is 0 Å². The molecular formula is C15H11F3N4O. The zero-order valence-corrected chi connectivity index (χ0v) is 11.7. The third-order valence-corrected chi connectivity index (χ3v) is 2.69. The zero-order valence-electron chi connectivity index (χ0n) is 11.7. The zero-order chi connectivity index (χ0) is 16.9. The smallest absolute Gasteiger partial charge is 0.340 e. The number of rotatable bonds is 4. The molecule has 8 heteroatoms. The van der Waals surface area contributed by atoms with E-state index in [4.69, 9.17) is 5.26 Å². The lowest BCUT2D eigenvalue weighted by Crippen LogP contribution is -2.21. The van der Waals surface area contributed by atoms with Gasteiger partial charge in [0.1, 0.15) is 18.3 Å². The second-order valence-corrected chi connectivity index (χ2v) is 4.59. The molecule has 0 saturated heterocycles. The molecule has 0 aliphatic carbocycles. The van der Waals surface area contributed by atoms with Gasteiger partial charge in [-0.05, 0) is 36.4 Å². The van der Waals surface area contributed by atoms with E-state index in [0.717, 1.165) is 0 Å². The minimum Gasteiger partial charge on any atom is -0.340 e. The minimum absolute atomic E-state index is 0.262. The van der Waals surface area contributed by atoms with E-state index >= 15 is 0 Å². The summed E-state index contributed by atoms with van der Waals surface area (Å²) in [6.07, 6.45) is -4.65. The lowest BCUT2D eigenvalue weighted by molar-refractivity contribution is -0.150. The van der Waals surface area contributed by atoms with Crippen LogP contribution in [0.1, 0.15) is 12.0 Å². The lowest BCUT2D eigenvalue weighted by atomic mass is 10.2. The summed E-state index contributed by atoms with van der Waals surface area (Å²) in [4.78, 5) is 15.2. The molecule has 5 nitrogen and oxygen atoms in total. The van der Waals surface area contributed by atoms with Crippen molar-refractivity contribution in [2.24, 2.45) is 0 Å². The number of pyridine rings is 1. The van der Waals surface area contributed by atoms with Crippen LogP contribution in [0.25, 0.3) is 0 Å². The van der Waals surface area contributed by atoms with Gasteiger partial charge in [-0.15, -0.1) is 0 Å². The van der Waals surface area contributed by atoms with Gasteiger partial charge >= 0.3 is 6.18 Å². The van der Waals surface area contributed by atoms with Gasteiger partial charge in [0, 0.05) is 17.6 Å². The fraction of sp³-hybridized carbons (Fsp3) is 0.133. The van der Waals surface area contributed by atoms with Gasteiger partial charge in [-0.2, -0.15) is 18.4 Å². The average molecular weight is 320 g/mol. The number of hydrogen-bond donors (Lipinski definition) is 2. The molecule has 0 radical (unpaired) electrons. The summed E-state index contributed by atoms with van der Waals surface area (Å²) in [6.45, 7) is 0. The minimum atomic E-state index is -4.53. The topological polar surface area (TPSA) is 77.8 Å². The number of nitrogens with one attached hydrogen (secondary N) is 2. The van der Waals surface area contributed by atoms with Gasteiger partial charge in [-0.1, -0.05) is 0 Å². The van der Waals surface area contributed by atoms with E-state index in [-0.39, 0.29) is 5.69 Å². The van der Waals surface area contributed by atoms with E-state index in [0.29, 0.717) is 17.1 Å². The number of hydrogen-bond acceptors (Lipinski definition) is 4. The summed E-state index contributed by atoms with van der Waals surface area (Å²) in [6, 6.07) is 11.3. The van der Waals surface area contributed by atoms with Crippen molar-refractivity contribution in [2.75, 3.05) is 10.6 Å². The molecule has 1 heterocycles. The van der Waals surface area contributed by atoms with Crippen LogP contribution in [0.3, 0.4) is 0 Å². The van der Waals surface area contributed by atoms with Crippen molar-refractivity contribution in [2.45, 2.75) is 12.6 Å². The quantitative estimate of drug-likeness (QED) is 0.902. The lowest BCUT2D eigenvalue weighted by Gasteiger charge is -2.09. The Morgan fingerprint density at radius 3 is 2.30 bits per heavy atom. The standard InChI is InChI=1S/C15H11F3N4O/c16-15(17,18)7-14(23)22-12-4-2-11(3-5-12)21-13-6-1-10(8-19)9-20-13/h1-6,9H,7H2,(H,20,21)(H,22,23). The summed E-state index contributed by atoms with van der Waals surface area (Å²) in [7, 11) is 0. The Labute approximate surface area is 129 Å². The van der Waals surface area contributed by atoms with Gasteiger partial charge in [0.2, 0.25) is 5.91 Å². The first-order chi connectivity index (χ1) is 10.9. The van der Waals surface area contributed by atoms with Crippen molar-refractivity contribution < 1.29 is 18.0 Å². The third kappa shape index (κ3) is 5.32. The number of anilines is 3. The van der Waals surface area contributed by atoms with Gasteiger partial charge in [-0.25, -0.2) is 4.98 Å². The Bertz CT molecular complexity index is 718. The van der Waals surface area contributed by atoms with Crippen molar-refractivity contribution in [1.82, 2.24) is 4.98 Å². The molecular weight excluding hydrogens is 309 g/mol. The van der Waals surface area contributed by atoms with Gasteiger partial charge in [-0.3, -0.25) is 4.79 Å². The largest absolute Gasteiger partial charge is 0.397 e. The Kier molecular flexibility index (Phi) is 4.81. The first kappa shape index (κ1) is 16.3. The second-order valence-electron chi connectivity index (χ2n) is 4.59. The highest BCUT2D eigenvalue weighted by Gasteiger charge is 2.31. The molecule has 1 aromatic heterocycles. The monoisotopic (exact) mass is 320 g/mol. The van der Waals surface area contributed by atoms with Crippen LogP contribution in [0, 0.1) is 11.3 Å². The second kappa shape index (κ2) is 6.79. The van der Waals surface area contributed by atoms with Crippen LogP contribution in [0.4, 0.5) is 30.4 Å². The predicted molar refractivity (Wildman–Crippen MR) is 78.0 cm³/mol. The van der Waals surface area contributed by atoms with Crippen LogP contribution in [-0.2, 0) is 4.79 Å². The van der Waals surface area contributed by atoms with E-state index in [1.54, 1.807) is 24.3 Å². The fourth-order valence-electron chi connectivity index (χ4n) is 1.71. The van der Waals surface area contributed by atoms with E-state index < -0.39 is 18.5 Å². The van der Waals surface area contributed by atoms with Crippen molar-refractivity contribution >= 4 is 23.1 Å². The van der Waals surface area contributed by atoms with E-state index in [2.05, 4.69) is 15.6 Å². The molecule has 2 N–H and O–H groups in total. The number of nitrogens with zero attached hydrogens (tertiary/aromatic N) is 2. The van der Waals surface area contributed by atoms with Gasteiger partial charge in [0.05, 0.1) is 5.56 Å². The van der Waals surface area contributed by atoms with Crippen molar-refractivity contribution in [3.63, 3.8) is 0 Å². The average Bonchev–Trinajstić information content (AvgIpc) is 2.48. The molecule has 118 valence electrons. The molecule has 0 unspecified atom stereocenters. The predicted octanol–water partition coefficient (Wildman–Crippen LogP) is 3.59. The fourth-order valence-corrected chi connectivity index (χ4v) is 1.71. The summed E-state index contributed by atoms with van der Waals surface area (Å²) < 4.78 is 36.2. The summed E-state index contributed by atoms with van der Waals surface area (Å²) in [5.41, 5.74) is 1.33. The number of halogens is 3. The third-order valence-electron chi connectivity index (χ3n) is 2.69. The van der Waals surface area contributed by atoms with E-state index in [1.807, 2.05) is 6.07 Å². The molecule has 0 spiro atoms. The van der Waals surface area contributed by atoms with Crippen LogP contribution in [0.2, 0.25) is 0 Å². The Hall–Kier alpha value is -3.08. The summed E-state index contributed by atoms with van der Waals surface area (Å²) in [5, 5.41) is 13.8. The number of carbonyl (C=O) groups excluding carboxylic acids is 1. The molecule has 0 saturated carbocycles. The molecule has 0 fully saturated rings. The Morgan fingerprint density at radius 1 is 1.13 bits per heavy atom. The maximum Gasteiger partial charge on any atom is 0.397 e. The van der Waals surface area contributed by atoms with Crippen LogP contribution in [0.15, 0.2) is 42.6 Å². The number of amides is 1. The van der Waals surface area contributed by atoms with E-state index in [9.17, 15) is 18.0 Å². The number of aromatic nitrogens is 1. The molecule has 2 aromatic rings. The Balaban J connectivity index is 1.96. The number of alkyl halides is 3.